The summed E-state index contributed by atoms with van der Waals surface area (Å²) in [6, 6.07) is 12.2. The maximum Gasteiger partial charge on any atom is 0.253 e. The van der Waals surface area contributed by atoms with E-state index in [-0.39, 0.29) is 29.8 Å². The molecule has 1 aliphatic carbocycles. The predicted molar refractivity (Wildman–Crippen MR) is 137 cm³/mol. The highest BCUT2D eigenvalue weighted by Crippen LogP contribution is 2.51. The molecule has 3 heterocycles. The second kappa shape index (κ2) is 8.89. The molecule has 2 fully saturated rings. The minimum atomic E-state index is -0.386. The van der Waals surface area contributed by atoms with Crippen LogP contribution in [0.25, 0.3) is 10.9 Å². The Bertz CT molecular complexity index is 1310. The van der Waals surface area contributed by atoms with Crippen LogP contribution in [-0.4, -0.2) is 65.3 Å². The number of fused-ring (bicyclic) bond motifs is 4. The van der Waals surface area contributed by atoms with Crippen LogP contribution in [0.15, 0.2) is 42.5 Å². The Morgan fingerprint density at radius 2 is 1.94 bits per heavy atom. The van der Waals surface area contributed by atoms with Crippen LogP contribution in [0.3, 0.4) is 0 Å². The monoisotopic (exact) mass is 491 g/mol. The van der Waals surface area contributed by atoms with E-state index in [2.05, 4.69) is 28.6 Å². The fraction of sp³-hybridized carbons (Fsp3) is 0.483. The number of piperidine rings is 1. The van der Waals surface area contributed by atoms with Gasteiger partial charge in [-0.25, -0.2) is 4.39 Å². The fourth-order valence-corrected chi connectivity index (χ4v) is 6.64. The summed E-state index contributed by atoms with van der Waals surface area (Å²) in [4.78, 5) is 17.5. The number of halogens is 1. The standard InChI is InChI=1S/C29H34FN3O3/c1-31-24-15-22(36-2)8-9-23(24)26-27(31)25(17-34)33(16-19-6-7-19)18-29(26)10-12-32(13-11-29)28(35)20-4-3-5-21(30)14-20/h3-5,8-9,14-15,19,25,34H,6-7,10-13,16-18H2,1-2H3/t25-/m1/s1. The van der Waals surface area contributed by atoms with Crippen molar-refractivity contribution in [2.45, 2.75) is 37.1 Å². The van der Waals surface area contributed by atoms with Crippen LogP contribution in [0.5, 0.6) is 5.75 Å². The molecule has 0 radical (unpaired) electrons. The summed E-state index contributed by atoms with van der Waals surface area (Å²) in [6.07, 6.45) is 4.20. The van der Waals surface area contributed by atoms with Gasteiger partial charge in [-0.3, -0.25) is 9.69 Å². The van der Waals surface area contributed by atoms with Crippen LogP contribution in [0, 0.1) is 11.7 Å². The topological polar surface area (TPSA) is 57.9 Å². The van der Waals surface area contributed by atoms with Crippen molar-refractivity contribution in [2.75, 3.05) is 39.9 Å². The smallest absolute Gasteiger partial charge is 0.253 e. The lowest BCUT2D eigenvalue weighted by Gasteiger charge is -2.50. The molecule has 0 unspecified atom stereocenters. The lowest BCUT2D eigenvalue weighted by Crippen LogP contribution is -2.55. The summed E-state index contributed by atoms with van der Waals surface area (Å²) in [7, 11) is 3.78. The van der Waals surface area contributed by atoms with Crippen molar-refractivity contribution in [2.24, 2.45) is 13.0 Å². The zero-order valence-corrected chi connectivity index (χ0v) is 21.0. The van der Waals surface area contributed by atoms with Crippen molar-refractivity contribution in [3.63, 3.8) is 0 Å². The summed E-state index contributed by atoms with van der Waals surface area (Å²) < 4.78 is 21.5. The van der Waals surface area contributed by atoms with Crippen molar-refractivity contribution in [3.05, 3.63) is 65.1 Å². The highest BCUT2D eigenvalue weighted by molar-refractivity contribution is 5.94. The number of aromatic nitrogens is 1. The molecule has 1 atom stereocenters. The Morgan fingerprint density at radius 3 is 2.61 bits per heavy atom. The molecule has 1 N–H and O–H groups in total. The molecule has 1 aromatic heterocycles. The van der Waals surface area contributed by atoms with Crippen LogP contribution in [0.1, 0.15) is 53.3 Å². The van der Waals surface area contributed by atoms with Gasteiger partial charge in [-0.15, -0.1) is 0 Å². The molecule has 6 nitrogen and oxygen atoms in total. The number of carbonyl (C=O) groups is 1. The largest absolute Gasteiger partial charge is 0.497 e. The number of nitrogens with zero attached hydrogens (tertiary/aromatic N) is 3. The maximum absolute atomic E-state index is 13.8. The van der Waals surface area contributed by atoms with Crippen molar-refractivity contribution in [1.82, 2.24) is 14.4 Å². The van der Waals surface area contributed by atoms with E-state index in [0.29, 0.717) is 24.6 Å². The number of aryl methyl sites for hydroxylation is 1. The van der Waals surface area contributed by atoms with Crippen LogP contribution >= 0.6 is 0 Å². The third kappa shape index (κ3) is 3.80. The molecule has 1 saturated carbocycles. The molecule has 3 aromatic rings. The molecule has 1 saturated heterocycles. The first-order valence-corrected chi connectivity index (χ1v) is 13.0. The number of rotatable bonds is 5. The first-order chi connectivity index (χ1) is 17.4. The lowest BCUT2D eigenvalue weighted by molar-refractivity contribution is 0.0389. The average Bonchev–Trinajstić information content (AvgIpc) is 3.66. The number of carbonyl (C=O) groups excluding carboxylic acids is 1. The quantitative estimate of drug-likeness (QED) is 0.580. The molecule has 6 rings (SSSR count). The Morgan fingerprint density at radius 1 is 1.17 bits per heavy atom. The Kier molecular flexibility index (Phi) is 5.80. The molecule has 2 aromatic carbocycles. The minimum Gasteiger partial charge on any atom is -0.497 e. The van der Waals surface area contributed by atoms with Gasteiger partial charge in [0.1, 0.15) is 11.6 Å². The number of hydrogen-bond acceptors (Lipinski definition) is 4. The van der Waals surface area contributed by atoms with E-state index < -0.39 is 0 Å². The zero-order chi connectivity index (χ0) is 25.0. The van der Waals surface area contributed by atoms with E-state index in [1.54, 1.807) is 19.2 Å². The van der Waals surface area contributed by atoms with Gasteiger partial charge in [0.05, 0.1) is 25.3 Å². The van der Waals surface area contributed by atoms with Crippen molar-refractivity contribution >= 4 is 16.8 Å². The van der Waals surface area contributed by atoms with Gasteiger partial charge < -0.3 is 19.3 Å². The molecular formula is C29H34FN3O3. The summed E-state index contributed by atoms with van der Waals surface area (Å²) in [6.45, 7) is 3.23. The molecule has 190 valence electrons. The molecule has 2 aliphatic heterocycles. The number of aliphatic hydroxyl groups excluding tert-OH is 1. The molecule has 36 heavy (non-hydrogen) atoms. The molecule has 0 bridgehead atoms. The first kappa shape index (κ1) is 23.5. The van der Waals surface area contributed by atoms with Gasteiger partial charge in [-0.1, -0.05) is 6.07 Å². The average molecular weight is 492 g/mol. The lowest BCUT2D eigenvalue weighted by atomic mass is 9.68. The summed E-state index contributed by atoms with van der Waals surface area (Å²) in [5, 5.41) is 11.8. The van der Waals surface area contributed by atoms with Crippen molar-refractivity contribution in [1.29, 1.82) is 0 Å². The van der Waals surface area contributed by atoms with E-state index in [1.807, 2.05) is 11.0 Å². The van der Waals surface area contributed by atoms with Gasteiger partial charge in [0.2, 0.25) is 0 Å². The fourth-order valence-electron chi connectivity index (χ4n) is 6.64. The van der Waals surface area contributed by atoms with Gasteiger partial charge in [0.15, 0.2) is 0 Å². The Labute approximate surface area is 211 Å². The van der Waals surface area contributed by atoms with E-state index >= 15 is 0 Å². The summed E-state index contributed by atoms with van der Waals surface area (Å²) >= 11 is 0. The minimum absolute atomic E-state index is 0.0402. The molecule has 1 amide bonds. The number of methoxy groups -OCH3 is 1. The number of amides is 1. The van der Waals surface area contributed by atoms with Crippen molar-refractivity contribution < 1.29 is 19.0 Å². The maximum atomic E-state index is 13.8. The van der Waals surface area contributed by atoms with E-state index in [4.69, 9.17) is 4.74 Å². The highest BCUT2D eigenvalue weighted by Gasteiger charge is 2.49. The number of hydrogen-bond donors (Lipinski definition) is 1. The number of aliphatic hydroxyl groups is 1. The third-order valence-corrected chi connectivity index (χ3v) is 8.69. The van der Waals surface area contributed by atoms with Gasteiger partial charge in [0.25, 0.3) is 5.91 Å². The Balaban J connectivity index is 1.40. The molecule has 3 aliphatic rings. The molecular weight excluding hydrogens is 457 g/mol. The second-order valence-electron chi connectivity index (χ2n) is 10.9. The van der Waals surface area contributed by atoms with E-state index in [1.165, 1.54) is 41.6 Å². The zero-order valence-electron chi connectivity index (χ0n) is 21.0. The van der Waals surface area contributed by atoms with Crippen LogP contribution in [0.2, 0.25) is 0 Å². The number of benzene rings is 2. The summed E-state index contributed by atoms with van der Waals surface area (Å²) in [5.41, 5.74) is 3.93. The second-order valence-corrected chi connectivity index (χ2v) is 10.9. The van der Waals surface area contributed by atoms with Crippen LogP contribution in [0.4, 0.5) is 4.39 Å². The predicted octanol–water partition coefficient (Wildman–Crippen LogP) is 4.26. The van der Waals surface area contributed by atoms with Gasteiger partial charge in [-0.2, -0.15) is 0 Å². The highest BCUT2D eigenvalue weighted by atomic mass is 19.1. The first-order valence-electron chi connectivity index (χ1n) is 13.0. The van der Waals surface area contributed by atoms with E-state index in [9.17, 15) is 14.3 Å². The SMILES string of the molecule is COc1ccc2c3c(n(C)c2c1)[C@@H](CO)N(CC1CC1)CC31CCN(C(=O)c2cccc(F)c2)CC1. The number of likely N-dealkylation sites (tertiary alicyclic amines) is 1. The van der Waals surface area contributed by atoms with Gasteiger partial charge in [-0.05, 0) is 67.5 Å². The van der Waals surface area contributed by atoms with E-state index in [0.717, 1.165) is 37.2 Å². The summed E-state index contributed by atoms with van der Waals surface area (Å²) in [5.74, 6) is 1.04. The van der Waals surface area contributed by atoms with Gasteiger partial charge in [0, 0.05) is 61.4 Å². The van der Waals surface area contributed by atoms with Crippen LogP contribution in [-0.2, 0) is 12.5 Å². The molecule has 7 heteroatoms. The molecule has 1 spiro atoms. The Hall–Kier alpha value is -2.90. The van der Waals surface area contributed by atoms with Gasteiger partial charge >= 0.3 is 0 Å². The third-order valence-electron chi connectivity index (χ3n) is 8.69. The normalized spacial score (nSPS) is 21.7. The van der Waals surface area contributed by atoms with Crippen LogP contribution < -0.4 is 4.74 Å². The number of ether oxygens (including phenoxy) is 1. The van der Waals surface area contributed by atoms with Crippen molar-refractivity contribution in [3.8, 4) is 5.75 Å².